The van der Waals surface area contributed by atoms with E-state index in [0.29, 0.717) is 12.8 Å². The molecule has 0 saturated heterocycles. The molecule has 0 aromatic rings. The van der Waals surface area contributed by atoms with Crippen molar-refractivity contribution in [2.45, 2.75) is 59.5 Å². The van der Waals surface area contributed by atoms with Crippen molar-refractivity contribution in [3.05, 3.63) is 0 Å². The summed E-state index contributed by atoms with van der Waals surface area (Å²) in [7, 11) is -3.17. The normalized spacial score (nSPS) is 17.1. The molecule has 5 heteroatoms. The number of nitrogens with one attached hydrogen (secondary N) is 1. The summed E-state index contributed by atoms with van der Waals surface area (Å²) >= 11 is 0. The third-order valence-electron chi connectivity index (χ3n) is 2.23. The van der Waals surface area contributed by atoms with Gasteiger partial charge < -0.3 is 5.73 Å². The van der Waals surface area contributed by atoms with Crippen LogP contribution in [0.15, 0.2) is 0 Å². The summed E-state index contributed by atoms with van der Waals surface area (Å²) in [6, 6.07) is -0.0784. The van der Waals surface area contributed by atoms with E-state index in [-0.39, 0.29) is 23.3 Å². The summed E-state index contributed by atoms with van der Waals surface area (Å²) in [4.78, 5) is 0. The molecule has 0 heterocycles. The molecule has 2 unspecified atom stereocenters. The molecule has 0 fully saturated rings. The second kappa shape index (κ2) is 5.98. The predicted octanol–water partition coefficient (Wildman–Crippen LogP) is 1.47. The fourth-order valence-electron chi connectivity index (χ4n) is 1.41. The molecule has 2 atom stereocenters. The van der Waals surface area contributed by atoms with Gasteiger partial charge >= 0.3 is 0 Å². The molecule has 0 aromatic heterocycles. The number of sulfonamides is 1. The number of hydrogen-bond acceptors (Lipinski definition) is 3. The van der Waals surface area contributed by atoms with Crippen LogP contribution in [0, 0.1) is 5.41 Å². The summed E-state index contributed by atoms with van der Waals surface area (Å²) < 4.78 is 26.1. The van der Waals surface area contributed by atoms with Crippen LogP contribution in [0.5, 0.6) is 0 Å². The minimum absolute atomic E-state index is 0.0142. The Hall–Kier alpha value is -0.130. The van der Waals surface area contributed by atoms with E-state index in [2.05, 4.69) is 4.72 Å². The van der Waals surface area contributed by atoms with Gasteiger partial charge in [-0.1, -0.05) is 20.8 Å². The van der Waals surface area contributed by atoms with E-state index in [1.165, 1.54) is 0 Å². The van der Waals surface area contributed by atoms with Crippen LogP contribution in [0.2, 0.25) is 0 Å². The maximum Gasteiger partial charge on any atom is 0.211 e. The molecule has 0 saturated carbocycles. The fraction of sp³-hybridized carbons (Fsp3) is 1.00. The van der Waals surface area contributed by atoms with Gasteiger partial charge in [0.05, 0.1) is 5.75 Å². The average Bonchev–Trinajstić information content (AvgIpc) is 1.96. The first-order chi connectivity index (χ1) is 7.02. The van der Waals surface area contributed by atoms with Gasteiger partial charge in [-0.3, -0.25) is 0 Å². The average molecular weight is 250 g/mol. The zero-order valence-electron chi connectivity index (χ0n) is 11.1. The Morgan fingerprint density at radius 1 is 1.25 bits per heavy atom. The Morgan fingerprint density at radius 3 is 2.12 bits per heavy atom. The largest absolute Gasteiger partial charge is 0.328 e. The van der Waals surface area contributed by atoms with Crippen molar-refractivity contribution in [3.8, 4) is 0 Å². The molecule has 0 spiro atoms. The molecule has 0 aliphatic heterocycles. The van der Waals surface area contributed by atoms with Gasteiger partial charge in [0.2, 0.25) is 10.0 Å². The summed E-state index contributed by atoms with van der Waals surface area (Å²) in [6.45, 7) is 9.83. The van der Waals surface area contributed by atoms with Crippen molar-refractivity contribution in [2.75, 3.05) is 5.75 Å². The molecule has 0 bridgehead atoms. The third-order valence-corrected chi connectivity index (χ3v) is 3.73. The molecule has 0 rings (SSSR count). The van der Waals surface area contributed by atoms with E-state index >= 15 is 0 Å². The second-order valence-corrected chi connectivity index (χ2v) is 7.73. The molecule has 0 aliphatic carbocycles. The Labute approximate surface area is 100 Å². The number of rotatable bonds is 6. The van der Waals surface area contributed by atoms with Crippen LogP contribution >= 0.6 is 0 Å². The van der Waals surface area contributed by atoms with Gasteiger partial charge in [0, 0.05) is 12.1 Å². The van der Waals surface area contributed by atoms with E-state index in [0.717, 1.165) is 0 Å². The Kier molecular flexibility index (Phi) is 5.93. The highest BCUT2D eigenvalue weighted by molar-refractivity contribution is 7.89. The van der Waals surface area contributed by atoms with Gasteiger partial charge in [0.25, 0.3) is 0 Å². The van der Waals surface area contributed by atoms with Crippen molar-refractivity contribution < 1.29 is 8.42 Å². The first-order valence-corrected chi connectivity index (χ1v) is 7.43. The van der Waals surface area contributed by atoms with Crippen molar-refractivity contribution in [2.24, 2.45) is 11.1 Å². The minimum Gasteiger partial charge on any atom is -0.328 e. The van der Waals surface area contributed by atoms with Crippen molar-refractivity contribution in [1.29, 1.82) is 0 Å². The molecule has 4 nitrogen and oxygen atoms in total. The standard InChI is InChI=1S/C11H26N2O2S/c1-9(12)8-10(2)13-16(14,15)7-6-11(3,4)5/h9-10,13H,6-8,12H2,1-5H3. The molecular weight excluding hydrogens is 224 g/mol. The summed E-state index contributed by atoms with van der Waals surface area (Å²) in [6.07, 6.45) is 1.32. The lowest BCUT2D eigenvalue weighted by molar-refractivity contribution is 0.395. The fourth-order valence-corrected chi connectivity index (χ4v) is 3.12. The van der Waals surface area contributed by atoms with Crippen LogP contribution in [-0.2, 0) is 10.0 Å². The SMILES string of the molecule is CC(N)CC(C)NS(=O)(=O)CCC(C)(C)C. The first-order valence-electron chi connectivity index (χ1n) is 5.77. The van der Waals surface area contributed by atoms with Crippen LogP contribution in [-0.4, -0.2) is 26.3 Å². The lowest BCUT2D eigenvalue weighted by atomic mass is 9.94. The first kappa shape index (κ1) is 15.9. The summed E-state index contributed by atoms with van der Waals surface area (Å²) in [5, 5.41) is 0. The summed E-state index contributed by atoms with van der Waals surface area (Å²) in [5.41, 5.74) is 5.66. The molecule has 0 amide bonds. The maximum absolute atomic E-state index is 11.7. The lowest BCUT2D eigenvalue weighted by Gasteiger charge is -2.20. The molecule has 3 N–H and O–H groups in total. The van der Waals surface area contributed by atoms with Gasteiger partial charge in [-0.25, -0.2) is 13.1 Å². The Morgan fingerprint density at radius 2 is 1.75 bits per heavy atom. The lowest BCUT2D eigenvalue weighted by Crippen LogP contribution is -2.38. The molecule has 0 aromatic carbocycles. The highest BCUT2D eigenvalue weighted by Crippen LogP contribution is 2.19. The molecule has 0 radical (unpaired) electrons. The molecule has 0 aliphatic rings. The van der Waals surface area contributed by atoms with Gasteiger partial charge in [-0.05, 0) is 32.1 Å². The molecular formula is C11H26N2O2S. The Bertz CT molecular complexity index is 292. The van der Waals surface area contributed by atoms with Gasteiger partial charge in [-0.2, -0.15) is 0 Å². The maximum atomic E-state index is 11.7. The van der Waals surface area contributed by atoms with E-state index in [9.17, 15) is 8.42 Å². The van der Waals surface area contributed by atoms with Crippen LogP contribution in [0.1, 0.15) is 47.5 Å². The second-order valence-electron chi connectivity index (χ2n) is 5.86. The monoisotopic (exact) mass is 250 g/mol. The third kappa shape index (κ3) is 9.12. The highest BCUT2D eigenvalue weighted by Gasteiger charge is 2.19. The quantitative estimate of drug-likeness (QED) is 0.750. The van der Waals surface area contributed by atoms with Gasteiger partial charge in [0.1, 0.15) is 0 Å². The zero-order valence-corrected chi connectivity index (χ0v) is 11.9. The number of nitrogens with two attached hydrogens (primary N) is 1. The minimum atomic E-state index is -3.17. The van der Waals surface area contributed by atoms with Crippen molar-refractivity contribution in [3.63, 3.8) is 0 Å². The Balaban J connectivity index is 4.15. The van der Waals surface area contributed by atoms with Crippen LogP contribution < -0.4 is 10.5 Å². The van der Waals surface area contributed by atoms with Crippen LogP contribution in [0.25, 0.3) is 0 Å². The van der Waals surface area contributed by atoms with Crippen LogP contribution in [0.4, 0.5) is 0 Å². The van der Waals surface area contributed by atoms with Gasteiger partial charge in [0.15, 0.2) is 0 Å². The van der Waals surface area contributed by atoms with Crippen LogP contribution in [0.3, 0.4) is 0 Å². The number of hydrogen-bond donors (Lipinski definition) is 2. The topological polar surface area (TPSA) is 72.2 Å². The van der Waals surface area contributed by atoms with E-state index < -0.39 is 10.0 Å². The zero-order chi connectivity index (χ0) is 13.0. The highest BCUT2D eigenvalue weighted by atomic mass is 32.2. The van der Waals surface area contributed by atoms with Crippen molar-refractivity contribution >= 4 is 10.0 Å². The molecule has 98 valence electrons. The van der Waals surface area contributed by atoms with Gasteiger partial charge in [-0.15, -0.1) is 0 Å². The predicted molar refractivity (Wildman–Crippen MR) is 68.7 cm³/mol. The van der Waals surface area contributed by atoms with E-state index in [1.54, 1.807) is 0 Å². The molecule has 16 heavy (non-hydrogen) atoms. The summed E-state index contributed by atoms with van der Waals surface area (Å²) in [5.74, 6) is 0.180. The van der Waals surface area contributed by atoms with E-state index in [1.807, 2.05) is 34.6 Å². The van der Waals surface area contributed by atoms with Crippen molar-refractivity contribution in [1.82, 2.24) is 4.72 Å². The smallest absolute Gasteiger partial charge is 0.211 e. The van der Waals surface area contributed by atoms with E-state index in [4.69, 9.17) is 5.73 Å².